The third-order valence-electron chi connectivity index (χ3n) is 3.90. The number of ether oxygens (including phenoxy) is 1. The fourth-order valence-corrected chi connectivity index (χ4v) is 2.58. The molecular formula is C20H26FN3O. The molecule has 0 spiro atoms. The molecule has 0 aliphatic rings. The van der Waals surface area contributed by atoms with Crippen molar-refractivity contribution in [3.63, 3.8) is 0 Å². The van der Waals surface area contributed by atoms with Crippen molar-refractivity contribution in [1.82, 2.24) is 10.6 Å². The van der Waals surface area contributed by atoms with Crippen LogP contribution < -0.4 is 15.4 Å². The van der Waals surface area contributed by atoms with Crippen LogP contribution in [0, 0.1) is 5.82 Å². The molecule has 0 aliphatic heterocycles. The van der Waals surface area contributed by atoms with E-state index in [1.54, 1.807) is 13.2 Å². The summed E-state index contributed by atoms with van der Waals surface area (Å²) in [6.07, 6.45) is 0. The highest BCUT2D eigenvalue weighted by Gasteiger charge is 2.11. The molecule has 2 N–H and O–H groups in total. The maximum Gasteiger partial charge on any atom is 0.191 e. The number of methoxy groups -OCH3 is 1. The molecule has 25 heavy (non-hydrogen) atoms. The maximum atomic E-state index is 13.3. The van der Waals surface area contributed by atoms with Crippen LogP contribution in [0.2, 0.25) is 0 Å². The van der Waals surface area contributed by atoms with Gasteiger partial charge in [-0.3, -0.25) is 0 Å². The van der Waals surface area contributed by atoms with Gasteiger partial charge >= 0.3 is 0 Å². The molecule has 0 aliphatic carbocycles. The van der Waals surface area contributed by atoms with Gasteiger partial charge in [0, 0.05) is 19.0 Å². The standard InChI is InChI=1S/C20H26FN3O/c1-4-22-20(24-14-16-8-7-9-17(21)12-16)23-13-15(2)18-10-5-6-11-19(18)25-3/h5-12,15H,4,13-14H2,1-3H3,(H2,22,23,24). The van der Waals surface area contributed by atoms with Gasteiger partial charge in [-0.1, -0.05) is 37.3 Å². The van der Waals surface area contributed by atoms with Crippen molar-refractivity contribution in [2.75, 3.05) is 20.2 Å². The minimum atomic E-state index is -0.240. The number of aliphatic imine (C=N–C) groups is 1. The molecule has 4 nitrogen and oxygen atoms in total. The average Bonchev–Trinajstić information content (AvgIpc) is 2.63. The summed E-state index contributed by atoms with van der Waals surface area (Å²) in [6, 6.07) is 14.5. The first-order valence-electron chi connectivity index (χ1n) is 8.53. The zero-order valence-corrected chi connectivity index (χ0v) is 15.1. The Kier molecular flexibility index (Phi) is 7.26. The summed E-state index contributed by atoms with van der Waals surface area (Å²) < 4.78 is 18.7. The van der Waals surface area contributed by atoms with E-state index in [-0.39, 0.29) is 11.7 Å². The third kappa shape index (κ3) is 5.78. The molecule has 0 radical (unpaired) electrons. The molecule has 2 aromatic rings. The van der Waals surface area contributed by atoms with E-state index >= 15 is 0 Å². The first kappa shape index (κ1) is 18.8. The Morgan fingerprint density at radius 2 is 1.96 bits per heavy atom. The van der Waals surface area contributed by atoms with E-state index < -0.39 is 0 Å². The Balaban J connectivity index is 1.99. The quantitative estimate of drug-likeness (QED) is 0.595. The molecule has 1 unspecified atom stereocenters. The van der Waals surface area contributed by atoms with Crippen molar-refractivity contribution in [3.05, 3.63) is 65.5 Å². The van der Waals surface area contributed by atoms with Crippen LogP contribution in [0.15, 0.2) is 53.5 Å². The van der Waals surface area contributed by atoms with Crippen molar-refractivity contribution >= 4 is 5.96 Å². The number of nitrogens with one attached hydrogen (secondary N) is 2. The molecule has 0 saturated carbocycles. The van der Waals surface area contributed by atoms with Crippen LogP contribution in [0.1, 0.15) is 30.9 Å². The molecule has 1 atom stereocenters. The highest BCUT2D eigenvalue weighted by Crippen LogP contribution is 2.25. The molecule has 0 fully saturated rings. The average molecular weight is 343 g/mol. The monoisotopic (exact) mass is 343 g/mol. The van der Waals surface area contributed by atoms with Crippen molar-refractivity contribution in [3.8, 4) is 5.75 Å². The van der Waals surface area contributed by atoms with Crippen molar-refractivity contribution < 1.29 is 9.13 Å². The number of hydrogen-bond acceptors (Lipinski definition) is 2. The van der Waals surface area contributed by atoms with E-state index in [1.807, 2.05) is 31.2 Å². The number of nitrogens with zero attached hydrogens (tertiary/aromatic N) is 1. The molecule has 0 aromatic heterocycles. The van der Waals surface area contributed by atoms with Gasteiger partial charge in [0.2, 0.25) is 0 Å². The summed E-state index contributed by atoms with van der Waals surface area (Å²) in [6.45, 7) is 6.06. The smallest absolute Gasteiger partial charge is 0.191 e. The topological polar surface area (TPSA) is 45.7 Å². The van der Waals surface area contributed by atoms with Crippen LogP contribution >= 0.6 is 0 Å². The van der Waals surface area contributed by atoms with Gasteiger partial charge in [-0.25, -0.2) is 9.38 Å². The summed E-state index contributed by atoms with van der Waals surface area (Å²) in [5, 5.41) is 6.56. The van der Waals surface area contributed by atoms with E-state index in [4.69, 9.17) is 4.74 Å². The summed E-state index contributed by atoms with van der Waals surface area (Å²) in [7, 11) is 1.68. The van der Waals surface area contributed by atoms with Crippen LogP contribution in [0.4, 0.5) is 4.39 Å². The van der Waals surface area contributed by atoms with E-state index in [1.165, 1.54) is 12.1 Å². The van der Waals surface area contributed by atoms with Gasteiger partial charge in [0.1, 0.15) is 11.6 Å². The zero-order chi connectivity index (χ0) is 18.1. The lowest BCUT2D eigenvalue weighted by Crippen LogP contribution is -2.39. The van der Waals surface area contributed by atoms with Gasteiger partial charge in [-0.05, 0) is 36.2 Å². The number of hydrogen-bond donors (Lipinski definition) is 2. The zero-order valence-electron chi connectivity index (χ0n) is 15.1. The van der Waals surface area contributed by atoms with E-state index in [0.717, 1.165) is 30.0 Å². The lowest BCUT2D eigenvalue weighted by Gasteiger charge is -2.18. The number of benzene rings is 2. The van der Waals surface area contributed by atoms with E-state index in [9.17, 15) is 4.39 Å². The second-order valence-corrected chi connectivity index (χ2v) is 5.85. The SMILES string of the molecule is CCNC(=NCc1cccc(F)c1)NCC(C)c1ccccc1OC. The number of para-hydroxylation sites is 1. The summed E-state index contributed by atoms with van der Waals surface area (Å²) >= 11 is 0. The van der Waals surface area contributed by atoms with E-state index in [2.05, 4.69) is 28.6 Å². The van der Waals surface area contributed by atoms with Crippen LogP contribution in [-0.4, -0.2) is 26.2 Å². The molecule has 2 aromatic carbocycles. The first-order chi connectivity index (χ1) is 12.1. The fraction of sp³-hybridized carbons (Fsp3) is 0.350. The molecule has 0 bridgehead atoms. The molecule has 5 heteroatoms. The second-order valence-electron chi connectivity index (χ2n) is 5.85. The Morgan fingerprint density at radius 3 is 2.68 bits per heavy atom. The normalized spacial score (nSPS) is 12.6. The van der Waals surface area contributed by atoms with Gasteiger partial charge in [0.05, 0.1) is 13.7 Å². The molecule has 0 amide bonds. The highest BCUT2D eigenvalue weighted by molar-refractivity contribution is 5.79. The van der Waals surface area contributed by atoms with Gasteiger partial charge in [0.15, 0.2) is 5.96 Å². The number of guanidine groups is 1. The second kappa shape index (κ2) is 9.67. The van der Waals surface area contributed by atoms with Gasteiger partial charge < -0.3 is 15.4 Å². The predicted octanol–water partition coefficient (Wildman–Crippen LogP) is 3.69. The predicted molar refractivity (Wildman–Crippen MR) is 101 cm³/mol. The van der Waals surface area contributed by atoms with Crippen LogP contribution in [-0.2, 0) is 6.54 Å². The third-order valence-corrected chi connectivity index (χ3v) is 3.90. The Hall–Kier alpha value is -2.56. The van der Waals surface area contributed by atoms with Gasteiger partial charge in [0.25, 0.3) is 0 Å². The molecule has 2 rings (SSSR count). The summed E-state index contributed by atoms with van der Waals surface area (Å²) in [5.41, 5.74) is 1.99. The molecule has 0 saturated heterocycles. The Bertz CT molecular complexity index is 703. The molecular weight excluding hydrogens is 317 g/mol. The minimum absolute atomic E-state index is 0.240. The fourth-order valence-electron chi connectivity index (χ4n) is 2.58. The first-order valence-corrected chi connectivity index (χ1v) is 8.53. The van der Waals surface area contributed by atoms with Gasteiger partial charge in [-0.2, -0.15) is 0 Å². The lowest BCUT2D eigenvalue weighted by molar-refractivity contribution is 0.406. The van der Waals surface area contributed by atoms with Crippen LogP contribution in [0.3, 0.4) is 0 Å². The Labute approximate surface area is 149 Å². The highest BCUT2D eigenvalue weighted by atomic mass is 19.1. The van der Waals surface area contributed by atoms with Crippen molar-refractivity contribution in [2.45, 2.75) is 26.3 Å². The van der Waals surface area contributed by atoms with Crippen LogP contribution in [0.25, 0.3) is 0 Å². The summed E-state index contributed by atoms with van der Waals surface area (Å²) in [5.74, 6) is 1.62. The largest absolute Gasteiger partial charge is 0.496 e. The molecule has 134 valence electrons. The van der Waals surface area contributed by atoms with E-state index in [0.29, 0.717) is 12.5 Å². The maximum absolute atomic E-state index is 13.3. The van der Waals surface area contributed by atoms with Crippen LogP contribution in [0.5, 0.6) is 5.75 Å². The van der Waals surface area contributed by atoms with Crippen molar-refractivity contribution in [1.29, 1.82) is 0 Å². The number of halogens is 1. The summed E-state index contributed by atoms with van der Waals surface area (Å²) in [4.78, 5) is 4.53. The molecule has 0 heterocycles. The number of rotatable bonds is 7. The Morgan fingerprint density at radius 1 is 1.16 bits per heavy atom. The lowest BCUT2D eigenvalue weighted by atomic mass is 10.0. The minimum Gasteiger partial charge on any atom is -0.496 e. The van der Waals surface area contributed by atoms with Gasteiger partial charge in [-0.15, -0.1) is 0 Å². The van der Waals surface area contributed by atoms with Crippen molar-refractivity contribution in [2.24, 2.45) is 4.99 Å².